The molecule has 0 radical (unpaired) electrons. The predicted molar refractivity (Wildman–Crippen MR) is 60.0 cm³/mol. The van der Waals surface area contributed by atoms with Crippen LogP contribution in [0, 0.1) is 18.3 Å². The van der Waals surface area contributed by atoms with Gasteiger partial charge in [-0.3, -0.25) is 0 Å². The zero-order valence-corrected chi connectivity index (χ0v) is 10.4. The Balaban J connectivity index is 4.65. The van der Waals surface area contributed by atoms with Crippen LogP contribution in [0.15, 0.2) is 0 Å². The quantitative estimate of drug-likeness (QED) is 0.460. The molecular weight excluding hydrogens is 160 g/mol. The molecule has 0 unspecified atom stereocenters. The Bertz CT molecular complexity index is 182. The van der Waals surface area contributed by atoms with E-state index in [1.54, 1.807) is 0 Å². The van der Waals surface area contributed by atoms with Crippen LogP contribution in [0.5, 0.6) is 0 Å². The highest BCUT2D eigenvalue weighted by atomic mass is 28.3. The van der Waals surface area contributed by atoms with E-state index in [2.05, 4.69) is 46.7 Å². The van der Waals surface area contributed by atoms with Gasteiger partial charge in [-0.2, -0.15) is 0 Å². The fraction of sp³-hybridized carbons (Fsp3) is 0.818. The Hall–Kier alpha value is -0.223. The van der Waals surface area contributed by atoms with Crippen LogP contribution in [0.4, 0.5) is 0 Å². The highest BCUT2D eigenvalue weighted by molar-refractivity contribution is 6.80. The monoisotopic (exact) mass is 182 g/mol. The van der Waals surface area contributed by atoms with E-state index in [4.69, 9.17) is 6.42 Å². The zero-order chi connectivity index (χ0) is 9.99. The van der Waals surface area contributed by atoms with Crippen molar-refractivity contribution in [2.24, 2.45) is 5.92 Å². The van der Waals surface area contributed by atoms with Gasteiger partial charge < -0.3 is 0 Å². The molecule has 0 N–H and O–H groups in total. The summed E-state index contributed by atoms with van der Waals surface area (Å²) in [5, 5.41) is 0.444. The largest absolute Gasteiger partial charge is 0.120 e. The Kier molecular flexibility index (Phi) is 3.59. The molecule has 0 aromatic carbocycles. The van der Waals surface area contributed by atoms with Crippen LogP contribution in [-0.4, -0.2) is 8.07 Å². The van der Waals surface area contributed by atoms with Crippen molar-refractivity contribution in [3.8, 4) is 12.3 Å². The topological polar surface area (TPSA) is 0 Å². The van der Waals surface area contributed by atoms with E-state index in [0.717, 1.165) is 12.0 Å². The van der Waals surface area contributed by atoms with Gasteiger partial charge in [-0.05, 0) is 11.0 Å². The summed E-state index contributed by atoms with van der Waals surface area (Å²) in [7, 11) is -1.23. The van der Waals surface area contributed by atoms with E-state index in [1.807, 2.05) is 0 Å². The molecule has 0 amide bonds. The molecule has 0 nitrogen and oxygen atoms in total. The van der Waals surface area contributed by atoms with Gasteiger partial charge in [-0.15, -0.1) is 12.3 Å². The molecule has 1 heteroatoms. The van der Waals surface area contributed by atoms with Crippen molar-refractivity contribution in [3.05, 3.63) is 0 Å². The zero-order valence-electron chi connectivity index (χ0n) is 9.36. The van der Waals surface area contributed by atoms with Gasteiger partial charge in [0, 0.05) is 6.04 Å². The minimum Gasteiger partial charge on any atom is -0.120 e. The second-order valence-corrected chi connectivity index (χ2v) is 10.6. The number of hydrogen-bond donors (Lipinski definition) is 0. The van der Waals surface area contributed by atoms with Crippen molar-refractivity contribution in [3.63, 3.8) is 0 Å². The average molecular weight is 182 g/mol. The van der Waals surface area contributed by atoms with Crippen molar-refractivity contribution >= 4 is 8.07 Å². The fourth-order valence-electron chi connectivity index (χ4n) is 1.26. The molecule has 0 rings (SSSR count). The summed E-state index contributed by atoms with van der Waals surface area (Å²) in [6.07, 6.45) is 5.40. The van der Waals surface area contributed by atoms with Gasteiger partial charge in [0.1, 0.15) is 0 Å². The van der Waals surface area contributed by atoms with Gasteiger partial charge in [0.25, 0.3) is 0 Å². The standard InChI is InChI=1S/C11H22Si/c1-8-9-12(6,7)11(4,5)10(2)3/h1,10H,9H2,2-7H3. The lowest BCUT2D eigenvalue weighted by Gasteiger charge is -2.42. The molecule has 0 saturated heterocycles. The minimum atomic E-state index is -1.23. The molecule has 12 heavy (non-hydrogen) atoms. The summed E-state index contributed by atoms with van der Waals surface area (Å²) >= 11 is 0. The molecule has 0 bridgehead atoms. The van der Waals surface area contributed by atoms with Crippen LogP contribution in [0.25, 0.3) is 0 Å². The highest BCUT2D eigenvalue weighted by Gasteiger charge is 2.40. The Morgan fingerprint density at radius 1 is 1.33 bits per heavy atom. The Morgan fingerprint density at radius 2 is 1.75 bits per heavy atom. The molecule has 0 spiro atoms. The van der Waals surface area contributed by atoms with Crippen LogP contribution < -0.4 is 0 Å². The van der Waals surface area contributed by atoms with E-state index in [0.29, 0.717) is 5.04 Å². The van der Waals surface area contributed by atoms with Crippen LogP contribution >= 0.6 is 0 Å². The van der Waals surface area contributed by atoms with Gasteiger partial charge in [-0.1, -0.05) is 40.8 Å². The highest BCUT2D eigenvalue weighted by Crippen LogP contribution is 2.45. The minimum absolute atomic E-state index is 0.444. The summed E-state index contributed by atoms with van der Waals surface area (Å²) in [6.45, 7) is 14.1. The first-order valence-corrected chi connectivity index (χ1v) is 7.90. The maximum absolute atomic E-state index is 5.40. The summed E-state index contributed by atoms with van der Waals surface area (Å²) < 4.78 is 0. The lowest BCUT2D eigenvalue weighted by Crippen LogP contribution is -2.41. The first kappa shape index (κ1) is 11.8. The molecule has 0 aliphatic carbocycles. The van der Waals surface area contributed by atoms with E-state index < -0.39 is 8.07 Å². The molecule has 0 atom stereocenters. The Labute approximate surface area is 78.8 Å². The van der Waals surface area contributed by atoms with Crippen molar-refractivity contribution in [2.75, 3.05) is 0 Å². The van der Waals surface area contributed by atoms with Crippen LogP contribution in [0.2, 0.25) is 24.2 Å². The number of hydrogen-bond acceptors (Lipinski definition) is 0. The van der Waals surface area contributed by atoms with Gasteiger partial charge in [0.05, 0.1) is 8.07 Å². The maximum atomic E-state index is 5.40. The molecule has 0 aromatic rings. The van der Waals surface area contributed by atoms with E-state index in [1.165, 1.54) is 0 Å². The molecule has 0 aromatic heterocycles. The summed E-state index contributed by atoms with van der Waals surface area (Å²) in [6, 6.07) is 0.998. The van der Waals surface area contributed by atoms with Gasteiger partial charge in [0.15, 0.2) is 0 Å². The predicted octanol–water partition coefficient (Wildman–Crippen LogP) is 3.76. The second-order valence-electron chi connectivity index (χ2n) is 5.14. The second kappa shape index (κ2) is 3.66. The van der Waals surface area contributed by atoms with Crippen molar-refractivity contribution in [2.45, 2.75) is 51.9 Å². The molecule has 0 aliphatic heterocycles. The molecule has 70 valence electrons. The fourth-order valence-corrected chi connectivity index (χ4v) is 3.79. The number of terminal acetylenes is 1. The van der Waals surface area contributed by atoms with Gasteiger partial charge >= 0.3 is 0 Å². The van der Waals surface area contributed by atoms with Gasteiger partial charge in [0.2, 0.25) is 0 Å². The number of rotatable bonds is 3. The lowest BCUT2D eigenvalue weighted by atomic mass is 9.99. The van der Waals surface area contributed by atoms with E-state index in [-0.39, 0.29) is 0 Å². The average Bonchev–Trinajstić information content (AvgIpc) is 1.86. The third kappa shape index (κ3) is 2.14. The molecule has 0 aliphatic rings. The molecule has 0 fully saturated rings. The first-order chi connectivity index (χ1) is 5.25. The van der Waals surface area contributed by atoms with Gasteiger partial charge in [-0.25, -0.2) is 0 Å². The van der Waals surface area contributed by atoms with E-state index >= 15 is 0 Å². The Morgan fingerprint density at radius 3 is 2.00 bits per heavy atom. The van der Waals surface area contributed by atoms with Crippen LogP contribution in [0.3, 0.4) is 0 Å². The third-order valence-electron chi connectivity index (χ3n) is 3.73. The molecule has 0 saturated carbocycles. The van der Waals surface area contributed by atoms with Crippen molar-refractivity contribution < 1.29 is 0 Å². The van der Waals surface area contributed by atoms with Crippen LogP contribution in [0.1, 0.15) is 27.7 Å². The smallest absolute Gasteiger partial charge is 0.0661 e. The summed E-state index contributed by atoms with van der Waals surface area (Å²) in [5.74, 6) is 3.56. The SMILES string of the molecule is C#CC[Si](C)(C)C(C)(C)C(C)C. The van der Waals surface area contributed by atoms with Crippen LogP contribution in [-0.2, 0) is 0 Å². The first-order valence-electron chi connectivity index (χ1n) is 4.69. The summed E-state index contributed by atoms with van der Waals surface area (Å²) in [5.41, 5.74) is 0. The van der Waals surface area contributed by atoms with Crippen molar-refractivity contribution in [1.29, 1.82) is 0 Å². The molecular formula is C11H22Si. The van der Waals surface area contributed by atoms with Crippen molar-refractivity contribution in [1.82, 2.24) is 0 Å². The third-order valence-corrected chi connectivity index (χ3v) is 8.89. The van der Waals surface area contributed by atoms with E-state index in [9.17, 15) is 0 Å². The lowest BCUT2D eigenvalue weighted by molar-refractivity contribution is 0.458. The summed E-state index contributed by atoms with van der Waals surface area (Å²) in [4.78, 5) is 0. The maximum Gasteiger partial charge on any atom is 0.0661 e. The normalized spacial score (nSPS) is 13.2. The molecule has 0 heterocycles.